The zero-order valence-corrected chi connectivity index (χ0v) is 43.3. The predicted octanol–water partition coefficient (Wildman–Crippen LogP) is 7.68. The normalized spacial score (nSPS) is 18.4. The number of imide groups is 1. The third-order valence-corrected chi connectivity index (χ3v) is 17.6. The molecule has 5 aliphatic heterocycles. The van der Waals surface area contributed by atoms with E-state index in [1.165, 1.54) is 35.8 Å². The lowest BCUT2D eigenvalue weighted by Crippen LogP contribution is -2.45. The van der Waals surface area contributed by atoms with Crippen LogP contribution in [-0.4, -0.2) is 110 Å². The van der Waals surface area contributed by atoms with Gasteiger partial charge in [-0.05, 0) is 74.2 Å². The summed E-state index contributed by atoms with van der Waals surface area (Å²) in [5, 5.41) is -1.10. The lowest BCUT2D eigenvalue weighted by molar-refractivity contribution is -0.197. The van der Waals surface area contributed by atoms with Crippen LogP contribution in [0.3, 0.4) is 0 Å². The fourth-order valence-electron chi connectivity index (χ4n) is 9.90. The fourth-order valence-corrected chi connectivity index (χ4v) is 13.2. The van der Waals surface area contributed by atoms with Gasteiger partial charge in [0.25, 0.3) is 23.6 Å². The van der Waals surface area contributed by atoms with Crippen molar-refractivity contribution < 1.29 is 56.5 Å². The van der Waals surface area contributed by atoms with E-state index in [-0.39, 0.29) is 62.1 Å². The van der Waals surface area contributed by atoms with E-state index in [2.05, 4.69) is 18.7 Å². The molecule has 4 aromatic carbocycles. The summed E-state index contributed by atoms with van der Waals surface area (Å²) in [6, 6.07) is 27.9. The number of carbonyl (C=O) groups excluding carboxylic acids is 5. The van der Waals surface area contributed by atoms with Crippen LogP contribution < -0.4 is 33.6 Å². The van der Waals surface area contributed by atoms with E-state index in [1.807, 2.05) is 83.9 Å². The maximum Gasteiger partial charge on any atom is 0.351 e. The second kappa shape index (κ2) is 21.1. The van der Waals surface area contributed by atoms with Crippen LogP contribution in [0.2, 0.25) is 0 Å². The van der Waals surface area contributed by atoms with Crippen LogP contribution >= 0.6 is 21.6 Å². The molecule has 2 unspecified atom stereocenters. The SMILES string of the molecule is COc1cc2c(cc1OCc1cccc(COc3cc4c(cc3OC)C(=O)N3c5ccccc5C[C@H]3CN4CC(C)(C)SSCCC(C(=O)ON3C(=O)CCC3=O)S(=O)O)n1)N=C[C@@H]1Cc3ccccc3N1C2=O. The number of carbonyl (C=O) groups is 5. The fraction of sp³-hybridized carbons (Fsp3) is 0.340. The summed E-state index contributed by atoms with van der Waals surface area (Å²) in [6.45, 7) is 5.20. The van der Waals surface area contributed by atoms with Gasteiger partial charge in [0.1, 0.15) is 13.2 Å². The van der Waals surface area contributed by atoms with Gasteiger partial charge >= 0.3 is 5.97 Å². The van der Waals surface area contributed by atoms with Crippen LogP contribution in [0, 0.1) is 0 Å². The largest absolute Gasteiger partial charge is 0.493 e. The van der Waals surface area contributed by atoms with Crippen molar-refractivity contribution >= 4 is 91.2 Å². The summed E-state index contributed by atoms with van der Waals surface area (Å²) in [6.07, 6.45) is 2.91. The van der Waals surface area contributed by atoms with E-state index in [9.17, 15) is 32.7 Å². The van der Waals surface area contributed by atoms with E-state index in [0.717, 1.165) is 22.5 Å². The number of aliphatic imine (C=N–C) groups is 1. The first kappa shape index (κ1) is 50.6. The molecule has 1 saturated heterocycles. The van der Waals surface area contributed by atoms with Crippen LogP contribution in [-0.2, 0) is 56.4 Å². The molecule has 4 amide bonds. The third kappa shape index (κ3) is 10.2. The molecule has 21 heteroatoms. The van der Waals surface area contributed by atoms with E-state index >= 15 is 0 Å². The summed E-state index contributed by atoms with van der Waals surface area (Å²) in [5.41, 5.74) is 7.11. The van der Waals surface area contributed by atoms with Crippen molar-refractivity contribution in [1.82, 2.24) is 10.0 Å². The maximum atomic E-state index is 14.7. The second-order valence-corrected chi connectivity index (χ2v) is 23.1. The van der Waals surface area contributed by atoms with Gasteiger partial charge in [0, 0.05) is 72.6 Å². The topological polar surface area (TPSA) is 207 Å². The minimum atomic E-state index is -2.61. The quantitative estimate of drug-likeness (QED) is 0.0386. The summed E-state index contributed by atoms with van der Waals surface area (Å²) in [7, 11) is 5.98. The van der Waals surface area contributed by atoms with E-state index < -0.39 is 38.9 Å². The molecule has 5 aliphatic rings. The molecule has 1 aromatic heterocycles. The average molecular weight is 1060 g/mol. The number of nitrogens with zero attached hydrogens (tertiary/aromatic N) is 6. The van der Waals surface area contributed by atoms with Gasteiger partial charge in [-0.25, -0.2) is 9.00 Å². The van der Waals surface area contributed by atoms with E-state index in [1.54, 1.807) is 23.1 Å². The highest BCUT2D eigenvalue weighted by atomic mass is 33.1. The molecule has 0 spiro atoms. The third-order valence-electron chi connectivity index (χ3n) is 13.3. The van der Waals surface area contributed by atoms with Gasteiger partial charge in [0.15, 0.2) is 39.3 Å². The van der Waals surface area contributed by atoms with Crippen molar-refractivity contribution in [2.24, 2.45) is 4.99 Å². The summed E-state index contributed by atoms with van der Waals surface area (Å²) in [5.74, 6) is -0.985. The average Bonchev–Trinajstić information content (AvgIpc) is 4.02. The van der Waals surface area contributed by atoms with Crippen molar-refractivity contribution in [3.05, 3.63) is 125 Å². The van der Waals surface area contributed by atoms with Crippen LogP contribution in [0.5, 0.6) is 23.0 Å². The molecule has 0 saturated carbocycles. The van der Waals surface area contributed by atoms with Crippen molar-refractivity contribution in [1.29, 1.82) is 0 Å². The first-order valence-corrected chi connectivity index (χ1v) is 27.4. The molecule has 384 valence electrons. The van der Waals surface area contributed by atoms with Gasteiger partial charge in [-0.3, -0.25) is 34.1 Å². The number of rotatable bonds is 18. The molecule has 74 heavy (non-hydrogen) atoms. The highest BCUT2D eigenvalue weighted by Gasteiger charge is 2.42. The monoisotopic (exact) mass is 1060 g/mol. The number of benzene rings is 4. The lowest BCUT2D eigenvalue weighted by Gasteiger charge is -2.35. The van der Waals surface area contributed by atoms with Crippen molar-refractivity contribution in [2.45, 2.75) is 81.2 Å². The van der Waals surface area contributed by atoms with Gasteiger partial charge in [0.05, 0.1) is 60.2 Å². The van der Waals surface area contributed by atoms with Crippen molar-refractivity contribution in [3.8, 4) is 23.0 Å². The number of hydroxylamine groups is 2. The zero-order chi connectivity index (χ0) is 51.8. The molecule has 4 atom stereocenters. The van der Waals surface area contributed by atoms with E-state index in [4.69, 9.17) is 33.8 Å². The molecule has 6 heterocycles. The molecule has 18 nitrogen and oxygen atoms in total. The molecule has 5 aromatic rings. The lowest BCUT2D eigenvalue weighted by atomic mass is 10.1. The number of fused-ring (bicyclic) bond motifs is 8. The maximum absolute atomic E-state index is 14.7. The Hall–Kier alpha value is -6.94. The number of hydrogen-bond donors (Lipinski definition) is 1. The Morgan fingerprint density at radius 2 is 1.38 bits per heavy atom. The highest BCUT2D eigenvalue weighted by molar-refractivity contribution is 8.77. The van der Waals surface area contributed by atoms with Gasteiger partial charge in [0.2, 0.25) is 0 Å². The van der Waals surface area contributed by atoms with Crippen LogP contribution in [0.25, 0.3) is 0 Å². The van der Waals surface area contributed by atoms with Crippen molar-refractivity contribution in [3.63, 3.8) is 0 Å². The zero-order valence-electron chi connectivity index (χ0n) is 40.9. The highest BCUT2D eigenvalue weighted by Crippen LogP contribution is 2.46. The Morgan fingerprint density at radius 3 is 2.04 bits per heavy atom. The number of ether oxygens (including phenoxy) is 4. The molecular weight excluding hydrogens is 1010 g/mol. The number of anilines is 3. The Kier molecular flexibility index (Phi) is 14.4. The molecule has 0 radical (unpaired) electrons. The molecule has 0 bridgehead atoms. The Balaban J connectivity index is 0.840. The van der Waals surface area contributed by atoms with E-state index in [0.29, 0.717) is 87.9 Å². The number of pyridine rings is 1. The Morgan fingerprint density at radius 1 is 0.770 bits per heavy atom. The summed E-state index contributed by atoms with van der Waals surface area (Å²) < 4.78 is 46.1. The molecule has 1 N–H and O–H groups in total. The predicted molar refractivity (Wildman–Crippen MR) is 281 cm³/mol. The Labute approximate surface area is 437 Å². The first-order chi connectivity index (χ1) is 35.7. The van der Waals surface area contributed by atoms with Crippen LogP contribution in [0.4, 0.5) is 22.7 Å². The minimum absolute atomic E-state index is 0.0502. The summed E-state index contributed by atoms with van der Waals surface area (Å²) >= 11 is -2.61. The number of aromatic nitrogens is 1. The van der Waals surface area contributed by atoms with Gasteiger partial charge in [-0.1, -0.05) is 64.1 Å². The number of amides is 4. The minimum Gasteiger partial charge on any atom is -0.493 e. The number of hydrogen-bond acceptors (Lipinski definition) is 16. The van der Waals surface area contributed by atoms with Crippen LogP contribution in [0.15, 0.2) is 96.0 Å². The molecule has 1 fully saturated rings. The van der Waals surface area contributed by atoms with Crippen molar-refractivity contribution in [2.75, 3.05) is 47.8 Å². The van der Waals surface area contributed by atoms with Gasteiger partial charge in [-0.2, -0.15) is 0 Å². The summed E-state index contributed by atoms with van der Waals surface area (Å²) in [4.78, 5) is 85.9. The van der Waals surface area contributed by atoms with Crippen LogP contribution in [0.1, 0.15) is 76.3 Å². The number of methoxy groups -OCH3 is 2. The van der Waals surface area contributed by atoms with Gasteiger partial charge in [-0.15, -0.1) is 5.06 Å². The van der Waals surface area contributed by atoms with Gasteiger partial charge < -0.3 is 38.1 Å². The number of para-hydroxylation sites is 2. The first-order valence-electron chi connectivity index (χ1n) is 23.9. The molecule has 0 aliphatic carbocycles. The molecular formula is C53H52N6O12S3. The second-order valence-electron chi connectivity index (χ2n) is 18.8. The standard InChI is InChI=1S/C53H52N6O12S3/c1-53(2,73-72-19-18-47(74(65)66)52(64)71-59-48(60)16-17-49(59)61)30-56-27-36-21-32-11-6-8-15-41(32)58(36)51(63)38-23-44(68-4)46(25-42(38)56)70-29-34-13-9-12-33(55-34)28-69-45-24-39-37(22-43(45)67-3)50(62)57-35(26-54-39)20-31-10-5-7-14-40(31)57/h5-15,22-26,35-36,47H,16-21,27-30H2,1-4H3,(H,65,66)/t35-,36-,47?/m0/s1. The Bertz CT molecular complexity index is 3120. The molecule has 10 rings (SSSR count). The smallest absolute Gasteiger partial charge is 0.351 e.